The van der Waals surface area contributed by atoms with E-state index in [1.54, 1.807) is 14.2 Å². The van der Waals surface area contributed by atoms with Crippen LogP contribution < -0.4 is 5.56 Å². The maximum absolute atomic E-state index is 12.7. The first-order valence-electron chi connectivity index (χ1n) is 7.29. The molecule has 118 valence electrons. The number of nitrogens with zero attached hydrogens (tertiary/aromatic N) is 3. The van der Waals surface area contributed by atoms with E-state index >= 15 is 0 Å². The molecular formula is C15H19N3O3S. The van der Waals surface area contributed by atoms with Crippen LogP contribution in [0.1, 0.15) is 28.1 Å². The minimum Gasteiger partial charge on any atom is -0.381 e. The number of carbonyl (C=O) groups is 1. The number of ether oxygens (including phenoxy) is 1. The Morgan fingerprint density at radius 1 is 1.41 bits per heavy atom. The normalized spacial score (nSPS) is 16.4. The van der Waals surface area contributed by atoms with Gasteiger partial charge in [-0.25, -0.2) is 4.98 Å². The highest BCUT2D eigenvalue weighted by atomic mass is 32.1. The zero-order valence-corrected chi connectivity index (χ0v) is 13.8. The largest absolute Gasteiger partial charge is 0.381 e. The number of carbonyl (C=O) groups excluding carboxylic acids is 1. The van der Waals surface area contributed by atoms with Gasteiger partial charge in [-0.15, -0.1) is 11.3 Å². The Morgan fingerprint density at radius 2 is 2.09 bits per heavy atom. The minimum atomic E-state index is -0.101. The van der Waals surface area contributed by atoms with Gasteiger partial charge in [0, 0.05) is 27.2 Å². The number of piperidine rings is 1. The van der Waals surface area contributed by atoms with Crippen LogP contribution in [-0.2, 0) is 11.8 Å². The zero-order valence-electron chi connectivity index (χ0n) is 13.0. The van der Waals surface area contributed by atoms with Crippen molar-refractivity contribution in [2.24, 2.45) is 7.05 Å². The van der Waals surface area contributed by atoms with E-state index in [4.69, 9.17) is 4.74 Å². The van der Waals surface area contributed by atoms with Crippen LogP contribution in [0, 0.1) is 6.92 Å². The van der Waals surface area contributed by atoms with Gasteiger partial charge in [0.15, 0.2) is 0 Å². The van der Waals surface area contributed by atoms with Gasteiger partial charge >= 0.3 is 0 Å². The van der Waals surface area contributed by atoms with Crippen LogP contribution in [0.3, 0.4) is 0 Å². The van der Waals surface area contributed by atoms with E-state index in [2.05, 4.69) is 4.98 Å². The van der Waals surface area contributed by atoms with Crippen molar-refractivity contribution >= 4 is 27.5 Å². The number of rotatable bonds is 2. The van der Waals surface area contributed by atoms with Crippen LogP contribution >= 0.6 is 11.3 Å². The lowest BCUT2D eigenvalue weighted by Crippen LogP contribution is -2.40. The molecule has 3 heterocycles. The predicted molar refractivity (Wildman–Crippen MR) is 85.5 cm³/mol. The van der Waals surface area contributed by atoms with Gasteiger partial charge in [-0.3, -0.25) is 9.59 Å². The number of methoxy groups -OCH3 is 1. The first-order chi connectivity index (χ1) is 10.5. The summed E-state index contributed by atoms with van der Waals surface area (Å²) < 4.78 is 6.78. The summed E-state index contributed by atoms with van der Waals surface area (Å²) in [5.41, 5.74) is 0.642. The number of aryl methyl sites for hydroxylation is 2. The lowest BCUT2D eigenvalue weighted by molar-refractivity contribution is 0.0353. The van der Waals surface area contributed by atoms with Gasteiger partial charge in [0.1, 0.15) is 4.83 Å². The van der Waals surface area contributed by atoms with Crippen molar-refractivity contribution in [1.82, 2.24) is 14.5 Å². The molecular weight excluding hydrogens is 302 g/mol. The van der Waals surface area contributed by atoms with Crippen LogP contribution in [0.15, 0.2) is 11.1 Å². The smallest absolute Gasteiger partial charge is 0.264 e. The summed E-state index contributed by atoms with van der Waals surface area (Å²) in [6.07, 6.45) is 3.44. The molecule has 0 N–H and O–H groups in total. The Bertz CT molecular complexity index is 772. The lowest BCUT2D eigenvalue weighted by Gasteiger charge is -2.31. The number of fused-ring (bicyclic) bond motifs is 1. The zero-order chi connectivity index (χ0) is 15.9. The SMILES string of the molecule is COC1CCN(C(=O)c2sc3ncn(C)c(=O)c3c2C)CC1. The molecule has 2 aromatic heterocycles. The van der Waals surface area contributed by atoms with E-state index < -0.39 is 0 Å². The first kappa shape index (κ1) is 15.2. The Labute approximate surface area is 132 Å². The van der Waals surface area contributed by atoms with Gasteiger partial charge in [-0.1, -0.05) is 0 Å². The third-order valence-electron chi connectivity index (χ3n) is 4.27. The van der Waals surface area contributed by atoms with E-state index in [1.165, 1.54) is 22.2 Å². The Kier molecular flexibility index (Phi) is 4.01. The van der Waals surface area contributed by atoms with E-state index in [-0.39, 0.29) is 17.6 Å². The van der Waals surface area contributed by atoms with Crippen molar-refractivity contribution < 1.29 is 9.53 Å². The second-order valence-corrected chi connectivity index (χ2v) is 6.62. The van der Waals surface area contributed by atoms with Crippen LogP contribution in [0.25, 0.3) is 10.2 Å². The number of amides is 1. The fourth-order valence-corrected chi connectivity index (χ4v) is 3.96. The van der Waals surface area contributed by atoms with Crippen LogP contribution in [0.2, 0.25) is 0 Å². The molecule has 6 nitrogen and oxygen atoms in total. The lowest BCUT2D eigenvalue weighted by atomic mass is 10.1. The van der Waals surface area contributed by atoms with Crippen LogP contribution in [0.5, 0.6) is 0 Å². The molecule has 22 heavy (non-hydrogen) atoms. The summed E-state index contributed by atoms with van der Waals surface area (Å²) in [6, 6.07) is 0. The molecule has 1 saturated heterocycles. The quantitative estimate of drug-likeness (QED) is 0.842. The molecule has 0 aromatic carbocycles. The summed E-state index contributed by atoms with van der Waals surface area (Å²) in [7, 11) is 3.38. The second kappa shape index (κ2) is 5.81. The van der Waals surface area contributed by atoms with E-state index in [1.807, 2.05) is 11.8 Å². The van der Waals surface area contributed by atoms with Crippen molar-refractivity contribution in [2.45, 2.75) is 25.9 Å². The predicted octanol–water partition coefficient (Wildman–Crippen LogP) is 1.55. The van der Waals surface area contributed by atoms with Crippen molar-refractivity contribution in [3.05, 3.63) is 27.1 Å². The first-order valence-corrected chi connectivity index (χ1v) is 8.11. The average molecular weight is 321 g/mol. The van der Waals surface area contributed by atoms with E-state index in [0.717, 1.165) is 18.4 Å². The monoisotopic (exact) mass is 321 g/mol. The van der Waals surface area contributed by atoms with Gasteiger partial charge in [-0.2, -0.15) is 0 Å². The molecule has 7 heteroatoms. The number of likely N-dealkylation sites (tertiary alicyclic amines) is 1. The third kappa shape index (κ3) is 2.44. The second-order valence-electron chi connectivity index (χ2n) is 5.62. The summed E-state index contributed by atoms with van der Waals surface area (Å²) in [4.78, 5) is 32.3. The molecule has 0 aliphatic carbocycles. The van der Waals surface area contributed by atoms with E-state index in [9.17, 15) is 9.59 Å². The summed E-state index contributed by atoms with van der Waals surface area (Å²) in [5, 5.41) is 0.560. The van der Waals surface area contributed by atoms with Gasteiger partial charge in [0.25, 0.3) is 11.5 Å². The molecule has 3 rings (SSSR count). The van der Waals surface area contributed by atoms with Gasteiger partial charge in [0.2, 0.25) is 0 Å². The molecule has 0 saturated carbocycles. The number of thiophene rings is 1. The molecule has 0 atom stereocenters. The molecule has 2 aromatic rings. The van der Waals surface area contributed by atoms with Crippen LogP contribution in [-0.4, -0.2) is 46.7 Å². The summed E-state index contributed by atoms with van der Waals surface area (Å²) >= 11 is 1.31. The average Bonchev–Trinajstić information content (AvgIpc) is 2.88. The standard InChI is InChI=1S/C15H19N3O3S/c1-9-11-13(16-8-17(2)14(11)19)22-12(9)15(20)18-6-4-10(21-3)5-7-18/h8,10H,4-7H2,1-3H3. The van der Waals surface area contributed by atoms with Crippen LogP contribution in [0.4, 0.5) is 0 Å². The molecule has 1 fully saturated rings. The maximum atomic E-state index is 12.7. The number of aromatic nitrogens is 2. The molecule has 1 amide bonds. The van der Waals surface area contributed by atoms with Gasteiger partial charge < -0.3 is 14.2 Å². The molecule has 0 radical (unpaired) electrons. The molecule has 0 unspecified atom stereocenters. The highest BCUT2D eigenvalue weighted by Crippen LogP contribution is 2.28. The highest BCUT2D eigenvalue weighted by Gasteiger charge is 2.27. The highest BCUT2D eigenvalue weighted by molar-refractivity contribution is 7.20. The number of hydrogen-bond acceptors (Lipinski definition) is 5. The maximum Gasteiger partial charge on any atom is 0.264 e. The summed E-state index contributed by atoms with van der Waals surface area (Å²) in [6.45, 7) is 3.21. The fraction of sp³-hybridized carbons (Fsp3) is 0.533. The Balaban J connectivity index is 1.94. The Hall–Kier alpha value is -1.73. The molecule has 0 spiro atoms. The molecule has 1 aliphatic rings. The van der Waals surface area contributed by atoms with Gasteiger partial charge in [-0.05, 0) is 25.3 Å². The van der Waals surface area contributed by atoms with Crippen molar-refractivity contribution in [3.63, 3.8) is 0 Å². The fourth-order valence-electron chi connectivity index (χ4n) is 2.85. The van der Waals surface area contributed by atoms with Gasteiger partial charge in [0.05, 0.1) is 22.7 Å². The van der Waals surface area contributed by atoms with Crippen molar-refractivity contribution in [2.75, 3.05) is 20.2 Å². The van der Waals surface area contributed by atoms with E-state index in [0.29, 0.717) is 28.2 Å². The molecule has 1 aliphatic heterocycles. The third-order valence-corrected chi connectivity index (χ3v) is 5.46. The minimum absolute atomic E-state index is 0.00268. The van der Waals surface area contributed by atoms with Crippen molar-refractivity contribution in [3.8, 4) is 0 Å². The number of hydrogen-bond donors (Lipinski definition) is 0. The summed E-state index contributed by atoms with van der Waals surface area (Å²) in [5.74, 6) is -0.00268. The topological polar surface area (TPSA) is 64.4 Å². The molecule has 0 bridgehead atoms. The van der Waals surface area contributed by atoms with Crippen molar-refractivity contribution in [1.29, 1.82) is 0 Å². The Morgan fingerprint density at radius 3 is 2.73 bits per heavy atom.